The zero-order chi connectivity index (χ0) is 17.6. The van der Waals surface area contributed by atoms with Crippen molar-refractivity contribution in [3.05, 3.63) is 71.8 Å². The molecule has 2 N–H and O–H groups in total. The summed E-state index contributed by atoms with van der Waals surface area (Å²) < 4.78 is 12.5. The predicted octanol–water partition coefficient (Wildman–Crippen LogP) is 2.88. The molecule has 2 heterocycles. The number of hydrogen-bond donors (Lipinski definition) is 2. The molecule has 2 aliphatic rings. The molecule has 0 aromatic heterocycles. The van der Waals surface area contributed by atoms with Crippen molar-refractivity contribution < 1.29 is 9.47 Å². The van der Waals surface area contributed by atoms with Crippen molar-refractivity contribution in [3.8, 4) is 0 Å². The topological polar surface area (TPSA) is 42.5 Å². The number of ether oxygens (including phenoxy) is 2. The van der Waals surface area contributed by atoms with Gasteiger partial charge < -0.3 is 20.1 Å². The molecule has 0 saturated carbocycles. The molecular weight excluding hydrogens is 324 g/mol. The molecule has 2 aromatic carbocycles. The van der Waals surface area contributed by atoms with E-state index < -0.39 is 0 Å². The normalized spacial score (nSPS) is 28.5. The summed E-state index contributed by atoms with van der Waals surface area (Å²) >= 11 is 0. The van der Waals surface area contributed by atoms with Crippen LogP contribution in [-0.4, -0.2) is 37.4 Å². The van der Waals surface area contributed by atoms with Gasteiger partial charge in [0.2, 0.25) is 0 Å². The Morgan fingerprint density at radius 1 is 0.654 bits per heavy atom. The first-order valence-corrected chi connectivity index (χ1v) is 9.68. The number of benzene rings is 2. The highest BCUT2D eigenvalue weighted by Crippen LogP contribution is 2.24. The van der Waals surface area contributed by atoms with Crippen molar-refractivity contribution in [3.63, 3.8) is 0 Å². The highest BCUT2D eigenvalue weighted by atomic mass is 16.5. The van der Waals surface area contributed by atoms with Gasteiger partial charge in [-0.05, 0) is 37.1 Å². The Hall–Kier alpha value is -1.72. The van der Waals surface area contributed by atoms with E-state index in [0.717, 1.165) is 25.9 Å². The maximum Gasteiger partial charge on any atom is 0.0760 e. The second-order valence-electron chi connectivity index (χ2n) is 7.21. The SMILES string of the molecule is c1ccc(CO[C@H]2CCN[C@H]2[C@@H]2NCC[C@H]2OCc2ccccc2)cc1. The van der Waals surface area contributed by atoms with E-state index in [-0.39, 0.29) is 12.2 Å². The van der Waals surface area contributed by atoms with Crippen LogP contribution in [0.25, 0.3) is 0 Å². The molecule has 0 unspecified atom stereocenters. The highest BCUT2D eigenvalue weighted by Gasteiger charge is 2.41. The molecule has 0 radical (unpaired) electrons. The summed E-state index contributed by atoms with van der Waals surface area (Å²) in [6, 6.07) is 21.4. The molecule has 4 atom stereocenters. The van der Waals surface area contributed by atoms with Gasteiger partial charge in [-0.3, -0.25) is 0 Å². The quantitative estimate of drug-likeness (QED) is 0.804. The van der Waals surface area contributed by atoms with E-state index in [1.807, 2.05) is 12.1 Å². The largest absolute Gasteiger partial charge is 0.372 e. The Labute approximate surface area is 155 Å². The Morgan fingerprint density at radius 3 is 1.50 bits per heavy atom. The van der Waals surface area contributed by atoms with Crippen LogP contribution in [0.15, 0.2) is 60.7 Å². The molecule has 0 spiro atoms. The van der Waals surface area contributed by atoms with E-state index in [2.05, 4.69) is 59.2 Å². The first kappa shape index (κ1) is 17.7. The fourth-order valence-corrected chi connectivity index (χ4v) is 4.05. The highest BCUT2D eigenvalue weighted by molar-refractivity contribution is 5.14. The van der Waals surface area contributed by atoms with Gasteiger partial charge in [0.1, 0.15) is 0 Å². The maximum absolute atomic E-state index is 6.27. The third-order valence-electron chi connectivity index (χ3n) is 5.42. The zero-order valence-electron chi connectivity index (χ0n) is 15.1. The molecular formula is C22H28N2O2. The molecule has 4 nitrogen and oxygen atoms in total. The molecule has 0 amide bonds. The van der Waals surface area contributed by atoms with E-state index in [4.69, 9.17) is 9.47 Å². The number of hydrogen-bond acceptors (Lipinski definition) is 4. The first-order chi connectivity index (χ1) is 12.9. The van der Waals surface area contributed by atoms with Crippen LogP contribution in [0.5, 0.6) is 0 Å². The van der Waals surface area contributed by atoms with Crippen molar-refractivity contribution in [2.45, 2.75) is 50.3 Å². The molecule has 2 aromatic rings. The fraction of sp³-hybridized carbons (Fsp3) is 0.455. The average Bonchev–Trinajstić information content (AvgIpc) is 3.35. The fourth-order valence-electron chi connectivity index (χ4n) is 4.05. The van der Waals surface area contributed by atoms with Gasteiger partial charge >= 0.3 is 0 Å². The van der Waals surface area contributed by atoms with Gasteiger partial charge in [-0.1, -0.05) is 60.7 Å². The lowest BCUT2D eigenvalue weighted by atomic mass is 9.99. The van der Waals surface area contributed by atoms with E-state index >= 15 is 0 Å². The molecule has 2 aliphatic heterocycles. The summed E-state index contributed by atoms with van der Waals surface area (Å²) in [5, 5.41) is 7.29. The van der Waals surface area contributed by atoms with Gasteiger partial charge in [0.05, 0.1) is 37.5 Å². The Bertz CT molecular complexity index is 605. The number of rotatable bonds is 7. The standard InChI is InChI=1S/C22H28N2O2/c1-3-7-17(8-4-1)15-25-19-11-13-23-21(19)22-20(12-14-24-22)26-16-18-9-5-2-6-10-18/h1-10,19-24H,11-16H2/t19-,20+,21-,22-/m1/s1. The van der Waals surface area contributed by atoms with Crippen molar-refractivity contribution in [2.24, 2.45) is 0 Å². The molecule has 2 fully saturated rings. The summed E-state index contributed by atoms with van der Waals surface area (Å²) in [5.74, 6) is 0. The van der Waals surface area contributed by atoms with Gasteiger partial charge in [-0.2, -0.15) is 0 Å². The maximum atomic E-state index is 6.27. The van der Waals surface area contributed by atoms with Gasteiger partial charge in [0.15, 0.2) is 0 Å². The predicted molar refractivity (Wildman–Crippen MR) is 103 cm³/mol. The van der Waals surface area contributed by atoms with Gasteiger partial charge in [-0.15, -0.1) is 0 Å². The Balaban J connectivity index is 1.33. The lowest BCUT2D eigenvalue weighted by Crippen LogP contribution is -2.52. The van der Waals surface area contributed by atoms with Crippen molar-refractivity contribution >= 4 is 0 Å². The molecule has 138 valence electrons. The third kappa shape index (κ3) is 4.33. The van der Waals surface area contributed by atoms with Gasteiger partial charge in [-0.25, -0.2) is 0 Å². The van der Waals surface area contributed by atoms with Gasteiger partial charge in [0.25, 0.3) is 0 Å². The minimum Gasteiger partial charge on any atom is -0.372 e. The van der Waals surface area contributed by atoms with Crippen molar-refractivity contribution in [2.75, 3.05) is 13.1 Å². The second kappa shape index (κ2) is 8.78. The van der Waals surface area contributed by atoms with Crippen LogP contribution in [0.2, 0.25) is 0 Å². The van der Waals surface area contributed by atoms with Gasteiger partial charge in [0, 0.05) is 0 Å². The molecule has 0 aliphatic carbocycles. The van der Waals surface area contributed by atoms with Crippen LogP contribution in [0, 0.1) is 0 Å². The minimum atomic E-state index is 0.230. The van der Waals surface area contributed by atoms with Crippen LogP contribution in [0.1, 0.15) is 24.0 Å². The Morgan fingerprint density at radius 2 is 1.08 bits per heavy atom. The smallest absolute Gasteiger partial charge is 0.0760 e. The summed E-state index contributed by atoms with van der Waals surface area (Å²) in [4.78, 5) is 0. The molecule has 26 heavy (non-hydrogen) atoms. The van der Waals surface area contributed by atoms with Crippen LogP contribution in [0.4, 0.5) is 0 Å². The molecule has 2 saturated heterocycles. The minimum absolute atomic E-state index is 0.230. The van der Waals surface area contributed by atoms with E-state index in [9.17, 15) is 0 Å². The summed E-state index contributed by atoms with van der Waals surface area (Å²) in [6.07, 6.45) is 2.57. The van der Waals surface area contributed by atoms with Crippen LogP contribution in [0.3, 0.4) is 0 Å². The first-order valence-electron chi connectivity index (χ1n) is 9.68. The Kier molecular flexibility index (Phi) is 5.97. The molecule has 4 rings (SSSR count). The van der Waals surface area contributed by atoms with E-state index in [1.54, 1.807) is 0 Å². The average molecular weight is 352 g/mol. The van der Waals surface area contributed by atoms with Crippen LogP contribution >= 0.6 is 0 Å². The monoisotopic (exact) mass is 352 g/mol. The zero-order valence-corrected chi connectivity index (χ0v) is 15.1. The summed E-state index contributed by atoms with van der Waals surface area (Å²) in [7, 11) is 0. The summed E-state index contributed by atoms with van der Waals surface area (Å²) in [6.45, 7) is 3.36. The van der Waals surface area contributed by atoms with Crippen LogP contribution in [-0.2, 0) is 22.7 Å². The lowest BCUT2D eigenvalue weighted by molar-refractivity contribution is -0.0115. The van der Waals surface area contributed by atoms with E-state index in [1.165, 1.54) is 11.1 Å². The van der Waals surface area contributed by atoms with Crippen molar-refractivity contribution in [1.82, 2.24) is 10.6 Å². The second-order valence-corrected chi connectivity index (χ2v) is 7.21. The van der Waals surface area contributed by atoms with Crippen LogP contribution < -0.4 is 10.6 Å². The number of nitrogens with one attached hydrogen (secondary N) is 2. The lowest BCUT2D eigenvalue weighted by Gasteiger charge is -2.30. The third-order valence-corrected chi connectivity index (χ3v) is 5.42. The van der Waals surface area contributed by atoms with Crippen molar-refractivity contribution in [1.29, 1.82) is 0 Å². The molecule has 4 heteroatoms. The molecule has 0 bridgehead atoms. The van der Waals surface area contributed by atoms with E-state index in [0.29, 0.717) is 25.3 Å². The summed E-state index contributed by atoms with van der Waals surface area (Å²) in [5.41, 5.74) is 2.46.